The zero-order chi connectivity index (χ0) is 26.5. The summed E-state index contributed by atoms with van der Waals surface area (Å²) in [5, 5.41) is 14.2. The third-order valence-corrected chi connectivity index (χ3v) is 7.50. The predicted octanol–water partition coefficient (Wildman–Crippen LogP) is 3.86. The monoisotopic (exact) mass is 522 g/mol. The number of aryl methyl sites for hydroxylation is 1. The molecule has 0 aliphatic heterocycles. The highest BCUT2D eigenvalue weighted by Crippen LogP contribution is 2.23. The molecule has 0 amide bonds. The molecule has 4 aromatic rings. The smallest absolute Gasteiger partial charge is 0.298 e. The van der Waals surface area contributed by atoms with Crippen molar-refractivity contribution in [2.75, 3.05) is 11.3 Å². The minimum atomic E-state index is -3.72. The van der Waals surface area contributed by atoms with Crippen molar-refractivity contribution < 1.29 is 23.1 Å². The molecule has 1 unspecified atom stereocenters. The zero-order valence-corrected chi connectivity index (χ0v) is 21.5. The molecule has 0 aliphatic rings. The van der Waals surface area contributed by atoms with Crippen LogP contribution in [0.3, 0.4) is 0 Å². The van der Waals surface area contributed by atoms with Gasteiger partial charge in [-0.2, -0.15) is 0 Å². The van der Waals surface area contributed by atoms with E-state index in [1.165, 1.54) is 12.1 Å². The number of aromatic nitrogens is 2. The Morgan fingerprint density at radius 1 is 1.08 bits per heavy atom. The number of aliphatic hydroxyl groups is 1. The van der Waals surface area contributed by atoms with E-state index in [1.807, 2.05) is 10.6 Å². The second-order valence-corrected chi connectivity index (χ2v) is 11.1. The lowest BCUT2D eigenvalue weighted by Gasteiger charge is -2.28. The number of rotatable bonds is 12. The summed E-state index contributed by atoms with van der Waals surface area (Å²) in [4.78, 5) is 15.1. The first-order chi connectivity index (χ1) is 17.7. The van der Waals surface area contributed by atoms with Crippen molar-refractivity contribution in [2.45, 2.75) is 43.4 Å². The lowest BCUT2D eigenvalue weighted by Crippen LogP contribution is -2.42. The molecular formula is C27H30N4O5S. The lowest BCUT2D eigenvalue weighted by molar-refractivity contribution is -0.120. The maximum atomic E-state index is 12.6. The standard InChI is InChI=1S/C27H30N4O5S/c1-27(2,13-14-31-18-28-24-16-22(36-19-32)11-12-25(24)31)29-17-26(33)20-7-6-8-21(15-20)30-37(34,35)23-9-4-3-5-10-23/h3-12,15-16,18-19,26,29-30,33H,13-14,17H2,1-2H3. The molecule has 9 nitrogen and oxygen atoms in total. The van der Waals surface area contributed by atoms with E-state index in [2.05, 4.69) is 28.9 Å². The van der Waals surface area contributed by atoms with Crippen molar-refractivity contribution in [1.82, 2.24) is 14.9 Å². The number of nitrogens with one attached hydrogen (secondary N) is 2. The number of β-amino-alcohol motifs (C(OH)–C–C–N with tert-alkyl or cyclic N) is 1. The van der Waals surface area contributed by atoms with Gasteiger partial charge < -0.3 is 19.7 Å². The number of sulfonamides is 1. The Hall–Kier alpha value is -3.73. The van der Waals surface area contributed by atoms with Crippen LogP contribution < -0.4 is 14.8 Å². The number of imidazole rings is 1. The lowest BCUT2D eigenvalue weighted by atomic mass is 9.99. The Kier molecular flexibility index (Phi) is 7.91. The number of carbonyl (C=O) groups excluding carboxylic acids is 1. The first kappa shape index (κ1) is 26.3. The molecule has 0 saturated heterocycles. The first-order valence-electron chi connectivity index (χ1n) is 11.8. The van der Waals surface area contributed by atoms with Crippen molar-refractivity contribution in [2.24, 2.45) is 0 Å². The van der Waals surface area contributed by atoms with E-state index in [9.17, 15) is 18.3 Å². The summed E-state index contributed by atoms with van der Waals surface area (Å²) >= 11 is 0. The number of nitrogens with zero attached hydrogens (tertiary/aromatic N) is 2. The Morgan fingerprint density at radius 3 is 2.62 bits per heavy atom. The molecular weight excluding hydrogens is 492 g/mol. The van der Waals surface area contributed by atoms with Gasteiger partial charge in [-0.15, -0.1) is 0 Å². The van der Waals surface area contributed by atoms with Gasteiger partial charge in [0.25, 0.3) is 16.5 Å². The van der Waals surface area contributed by atoms with Gasteiger partial charge in [0, 0.05) is 30.4 Å². The van der Waals surface area contributed by atoms with Crippen LogP contribution in [0.15, 0.2) is 84.0 Å². The van der Waals surface area contributed by atoms with E-state index in [0.717, 1.165) is 17.5 Å². The molecule has 1 heterocycles. The molecule has 0 aliphatic carbocycles. The van der Waals surface area contributed by atoms with Crippen molar-refractivity contribution in [3.63, 3.8) is 0 Å². The van der Waals surface area contributed by atoms with Gasteiger partial charge in [0.05, 0.1) is 28.4 Å². The van der Waals surface area contributed by atoms with Crippen molar-refractivity contribution in [1.29, 1.82) is 0 Å². The predicted molar refractivity (Wildman–Crippen MR) is 142 cm³/mol. The van der Waals surface area contributed by atoms with Crippen LogP contribution in [-0.4, -0.2) is 41.6 Å². The van der Waals surface area contributed by atoms with E-state index >= 15 is 0 Å². The number of ether oxygens (including phenoxy) is 1. The van der Waals surface area contributed by atoms with Gasteiger partial charge in [0.1, 0.15) is 5.75 Å². The maximum absolute atomic E-state index is 12.6. The molecule has 37 heavy (non-hydrogen) atoms. The third-order valence-electron chi connectivity index (χ3n) is 6.11. The first-order valence-corrected chi connectivity index (χ1v) is 13.3. The number of hydrogen-bond acceptors (Lipinski definition) is 7. The number of aliphatic hydroxyl groups excluding tert-OH is 1. The van der Waals surface area contributed by atoms with Crippen LogP contribution in [0, 0.1) is 0 Å². The quantitative estimate of drug-likeness (QED) is 0.242. The molecule has 3 aromatic carbocycles. The van der Waals surface area contributed by atoms with Crippen LogP contribution in [-0.2, 0) is 21.4 Å². The molecule has 0 radical (unpaired) electrons. The Bertz CT molecular complexity index is 1470. The van der Waals surface area contributed by atoms with Gasteiger partial charge in [-0.05, 0) is 62.2 Å². The summed E-state index contributed by atoms with van der Waals surface area (Å²) < 4.78 is 34.7. The van der Waals surface area contributed by atoms with Gasteiger partial charge in [0.2, 0.25) is 0 Å². The van der Waals surface area contributed by atoms with Crippen LogP contribution >= 0.6 is 0 Å². The highest BCUT2D eigenvalue weighted by atomic mass is 32.2. The van der Waals surface area contributed by atoms with Crippen molar-refractivity contribution in [3.8, 4) is 5.75 Å². The van der Waals surface area contributed by atoms with Crippen LogP contribution in [0.4, 0.5) is 5.69 Å². The average molecular weight is 523 g/mol. The maximum Gasteiger partial charge on any atom is 0.298 e. The van der Waals surface area contributed by atoms with Gasteiger partial charge >= 0.3 is 0 Å². The van der Waals surface area contributed by atoms with E-state index in [-0.39, 0.29) is 10.4 Å². The molecule has 0 bridgehead atoms. The second kappa shape index (κ2) is 11.1. The fraction of sp³-hybridized carbons (Fsp3) is 0.259. The summed E-state index contributed by atoms with van der Waals surface area (Å²) in [7, 11) is -3.72. The largest absolute Gasteiger partial charge is 0.429 e. The summed E-state index contributed by atoms with van der Waals surface area (Å²) in [6.45, 7) is 5.48. The third kappa shape index (κ3) is 6.73. The van der Waals surface area contributed by atoms with Crippen molar-refractivity contribution in [3.05, 3.63) is 84.7 Å². The highest BCUT2D eigenvalue weighted by Gasteiger charge is 2.20. The fourth-order valence-electron chi connectivity index (χ4n) is 3.95. The number of fused-ring (bicyclic) bond motifs is 1. The molecule has 10 heteroatoms. The molecule has 0 saturated carbocycles. The van der Waals surface area contributed by atoms with Crippen molar-refractivity contribution >= 4 is 33.2 Å². The number of benzene rings is 3. The van der Waals surface area contributed by atoms with Gasteiger partial charge in [-0.3, -0.25) is 9.52 Å². The topological polar surface area (TPSA) is 123 Å². The molecule has 0 fully saturated rings. The van der Waals surface area contributed by atoms with E-state index in [4.69, 9.17) is 4.74 Å². The average Bonchev–Trinajstić information content (AvgIpc) is 3.29. The molecule has 0 spiro atoms. The summed E-state index contributed by atoms with van der Waals surface area (Å²) in [5.41, 5.74) is 2.36. The van der Waals surface area contributed by atoms with Crippen LogP contribution in [0.25, 0.3) is 11.0 Å². The Balaban J connectivity index is 1.34. The van der Waals surface area contributed by atoms with E-state index in [1.54, 1.807) is 60.9 Å². The minimum absolute atomic E-state index is 0.171. The number of anilines is 1. The number of carbonyl (C=O) groups is 1. The Morgan fingerprint density at radius 2 is 1.86 bits per heavy atom. The van der Waals surface area contributed by atoms with E-state index in [0.29, 0.717) is 36.6 Å². The van der Waals surface area contributed by atoms with Crippen LogP contribution in [0.2, 0.25) is 0 Å². The second-order valence-electron chi connectivity index (χ2n) is 9.38. The number of hydrogen-bond donors (Lipinski definition) is 3. The molecule has 1 aromatic heterocycles. The highest BCUT2D eigenvalue weighted by molar-refractivity contribution is 7.92. The molecule has 3 N–H and O–H groups in total. The van der Waals surface area contributed by atoms with Gasteiger partial charge in [-0.1, -0.05) is 30.3 Å². The normalized spacial score (nSPS) is 12.8. The van der Waals surface area contributed by atoms with Crippen LogP contribution in [0.1, 0.15) is 31.9 Å². The van der Waals surface area contributed by atoms with Gasteiger partial charge in [-0.25, -0.2) is 13.4 Å². The summed E-state index contributed by atoms with van der Waals surface area (Å²) in [6, 6.07) is 20.2. The van der Waals surface area contributed by atoms with Gasteiger partial charge in [0.15, 0.2) is 0 Å². The molecule has 1 atom stereocenters. The SMILES string of the molecule is CC(C)(CCn1cnc2cc(OC=O)ccc21)NCC(O)c1cccc(NS(=O)(=O)c2ccccc2)c1. The van der Waals surface area contributed by atoms with Crippen LogP contribution in [0.5, 0.6) is 5.75 Å². The Labute approximate surface area is 216 Å². The zero-order valence-electron chi connectivity index (χ0n) is 20.7. The molecule has 4 rings (SSSR count). The fourth-order valence-corrected chi connectivity index (χ4v) is 5.02. The minimum Gasteiger partial charge on any atom is -0.429 e. The summed E-state index contributed by atoms with van der Waals surface area (Å²) in [6.07, 6.45) is 1.68. The summed E-state index contributed by atoms with van der Waals surface area (Å²) in [5.74, 6) is 0.445. The van der Waals surface area contributed by atoms with E-state index < -0.39 is 16.1 Å². The molecule has 194 valence electrons.